The number of benzene rings is 1. The highest BCUT2D eigenvalue weighted by Gasteiger charge is 2.39. The van der Waals surface area contributed by atoms with Gasteiger partial charge in [0.1, 0.15) is 5.82 Å². The van der Waals surface area contributed by atoms with Crippen molar-refractivity contribution in [1.29, 1.82) is 0 Å². The lowest BCUT2D eigenvalue weighted by atomic mass is 10.1. The molecule has 1 saturated carbocycles. The van der Waals surface area contributed by atoms with Gasteiger partial charge < -0.3 is 11.1 Å². The Balaban J connectivity index is 1.66. The SMILES string of the molecule is Nc1ncccc1C(=O)N[C@@H]1C[C@H]1c1ccccc1. The zero-order chi connectivity index (χ0) is 13.2. The van der Waals surface area contributed by atoms with E-state index in [0.29, 0.717) is 11.5 Å². The van der Waals surface area contributed by atoms with E-state index < -0.39 is 0 Å². The van der Waals surface area contributed by atoms with Gasteiger partial charge in [0.05, 0.1) is 5.56 Å². The minimum absolute atomic E-state index is 0.144. The Morgan fingerprint density at radius 3 is 2.74 bits per heavy atom. The zero-order valence-electron chi connectivity index (χ0n) is 10.4. The number of rotatable bonds is 3. The van der Waals surface area contributed by atoms with Gasteiger partial charge in [0.15, 0.2) is 0 Å². The largest absolute Gasteiger partial charge is 0.383 e. The monoisotopic (exact) mass is 253 g/mol. The van der Waals surface area contributed by atoms with Crippen molar-refractivity contribution in [2.45, 2.75) is 18.4 Å². The van der Waals surface area contributed by atoms with Crippen LogP contribution >= 0.6 is 0 Å². The van der Waals surface area contributed by atoms with Crippen molar-refractivity contribution >= 4 is 11.7 Å². The molecule has 1 aliphatic rings. The minimum atomic E-state index is -0.144. The molecular formula is C15H15N3O. The van der Waals surface area contributed by atoms with E-state index in [-0.39, 0.29) is 17.8 Å². The van der Waals surface area contributed by atoms with Gasteiger partial charge in [-0.2, -0.15) is 0 Å². The molecular weight excluding hydrogens is 238 g/mol. The van der Waals surface area contributed by atoms with Crippen molar-refractivity contribution < 1.29 is 4.79 Å². The van der Waals surface area contributed by atoms with Crippen LogP contribution in [0.15, 0.2) is 48.7 Å². The van der Waals surface area contributed by atoms with Crippen molar-refractivity contribution in [2.24, 2.45) is 0 Å². The fourth-order valence-electron chi connectivity index (χ4n) is 2.28. The number of nitrogens with two attached hydrogens (primary N) is 1. The molecule has 2 atom stereocenters. The lowest BCUT2D eigenvalue weighted by molar-refractivity contribution is 0.0951. The molecule has 1 amide bonds. The van der Waals surface area contributed by atoms with Gasteiger partial charge >= 0.3 is 0 Å². The summed E-state index contributed by atoms with van der Waals surface area (Å²) in [7, 11) is 0. The van der Waals surface area contributed by atoms with Crippen LogP contribution in [-0.2, 0) is 0 Å². The summed E-state index contributed by atoms with van der Waals surface area (Å²) in [5, 5.41) is 3.00. The second kappa shape index (κ2) is 4.72. The first-order valence-electron chi connectivity index (χ1n) is 6.32. The van der Waals surface area contributed by atoms with Gasteiger partial charge in [0, 0.05) is 18.2 Å². The number of carbonyl (C=O) groups is 1. The van der Waals surface area contributed by atoms with Gasteiger partial charge in [0.2, 0.25) is 0 Å². The number of amides is 1. The predicted octanol–water partition coefficient (Wildman–Crippen LogP) is 1.95. The average molecular weight is 253 g/mol. The highest BCUT2D eigenvalue weighted by Crippen LogP contribution is 2.40. The number of nitrogens with zero attached hydrogens (tertiary/aromatic N) is 1. The number of nitrogen functional groups attached to an aromatic ring is 1. The van der Waals surface area contributed by atoms with E-state index in [1.165, 1.54) is 5.56 Å². The van der Waals surface area contributed by atoms with E-state index in [9.17, 15) is 4.79 Å². The Kier molecular flexibility index (Phi) is 2.91. The number of carbonyl (C=O) groups excluding carboxylic acids is 1. The first-order chi connectivity index (χ1) is 9.25. The summed E-state index contributed by atoms with van der Waals surface area (Å²) in [6.45, 7) is 0. The molecule has 2 aromatic rings. The third kappa shape index (κ3) is 2.42. The Labute approximate surface area is 111 Å². The quantitative estimate of drug-likeness (QED) is 0.878. The van der Waals surface area contributed by atoms with E-state index in [1.54, 1.807) is 18.3 Å². The molecule has 96 valence electrons. The highest BCUT2D eigenvalue weighted by atomic mass is 16.1. The molecule has 0 unspecified atom stereocenters. The summed E-state index contributed by atoms with van der Waals surface area (Å²) in [5.74, 6) is 0.550. The standard InChI is InChI=1S/C15H15N3O/c16-14-11(7-4-8-17-14)15(19)18-13-9-12(13)10-5-2-1-3-6-10/h1-8,12-13H,9H2,(H2,16,17)(H,18,19)/t12-,13+/m0/s1. The van der Waals surface area contributed by atoms with Crippen LogP contribution in [0.3, 0.4) is 0 Å². The molecule has 1 aromatic heterocycles. The number of aromatic nitrogens is 1. The molecule has 0 radical (unpaired) electrons. The number of pyridine rings is 1. The van der Waals surface area contributed by atoms with Gasteiger partial charge in [-0.05, 0) is 24.1 Å². The molecule has 0 bridgehead atoms. The Morgan fingerprint density at radius 2 is 2.00 bits per heavy atom. The molecule has 0 spiro atoms. The van der Waals surface area contributed by atoms with Gasteiger partial charge in [-0.15, -0.1) is 0 Å². The third-order valence-electron chi connectivity index (χ3n) is 3.42. The van der Waals surface area contributed by atoms with E-state index >= 15 is 0 Å². The first kappa shape index (κ1) is 11.7. The first-order valence-corrected chi connectivity index (χ1v) is 6.32. The highest BCUT2D eigenvalue weighted by molar-refractivity contribution is 5.98. The lowest BCUT2D eigenvalue weighted by Crippen LogP contribution is -2.27. The maximum atomic E-state index is 12.1. The van der Waals surface area contributed by atoms with Crippen LogP contribution in [0.4, 0.5) is 5.82 Å². The van der Waals surface area contributed by atoms with Gasteiger partial charge in [-0.3, -0.25) is 4.79 Å². The number of hydrogen-bond donors (Lipinski definition) is 2. The average Bonchev–Trinajstić information content (AvgIpc) is 3.19. The van der Waals surface area contributed by atoms with Crippen molar-refractivity contribution in [1.82, 2.24) is 10.3 Å². The van der Waals surface area contributed by atoms with Gasteiger partial charge in [-0.25, -0.2) is 4.98 Å². The van der Waals surface area contributed by atoms with E-state index in [4.69, 9.17) is 5.73 Å². The lowest BCUT2D eigenvalue weighted by Gasteiger charge is -2.06. The molecule has 1 aromatic carbocycles. The van der Waals surface area contributed by atoms with Gasteiger partial charge in [0.25, 0.3) is 5.91 Å². The summed E-state index contributed by atoms with van der Waals surface area (Å²) in [4.78, 5) is 16.0. The maximum absolute atomic E-state index is 12.1. The van der Waals surface area contributed by atoms with Crippen LogP contribution in [0.2, 0.25) is 0 Å². The molecule has 1 fully saturated rings. The molecule has 3 rings (SSSR count). The molecule has 4 heteroatoms. The summed E-state index contributed by atoms with van der Waals surface area (Å²) in [6, 6.07) is 13.8. The minimum Gasteiger partial charge on any atom is -0.383 e. The fourth-order valence-corrected chi connectivity index (χ4v) is 2.28. The summed E-state index contributed by atoms with van der Waals surface area (Å²) in [5.41, 5.74) is 7.41. The Morgan fingerprint density at radius 1 is 1.21 bits per heavy atom. The van der Waals surface area contributed by atoms with Gasteiger partial charge in [-0.1, -0.05) is 30.3 Å². The summed E-state index contributed by atoms with van der Waals surface area (Å²) in [6.07, 6.45) is 2.56. The van der Waals surface area contributed by atoms with Crippen LogP contribution in [0, 0.1) is 0 Å². The molecule has 3 N–H and O–H groups in total. The smallest absolute Gasteiger partial charge is 0.255 e. The fraction of sp³-hybridized carbons (Fsp3) is 0.200. The van der Waals surface area contributed by atoms with Crippen LogP contribution in [0.1, 0.15) is 28.3 Å². The second-order valence-electron chi connectivity index (χ2n) is 4.77. The van der Waals surface area contributed by atoms with E-state index in [1.807, 2.05) is 18.2 Å². The van der Waals surface area contributed by atoms with Crippen molar-refractivity contribution in [2.75, 3.05) is 5.73 Å². The van der Waals surface area contributed by atoms with Crippen molar-refractivity contribution in [3.63, 3.8) is 0 Å². The Bertz CT molecular complexity index is 597. The normalized spacial score (nSPS) is 20.8. The molecule has 19 heavy (non-hydrogen) atoms. The molecule has 4 nitrogen and oxygen atoms in total. The zero-order valence-corrected chi connectivity index (χ0v) is 10.4. The maximum Gasteiger partial charge on any atom is 0.255 e. The van der Waals surface area contributed by atoms with Crippen LogP contribution < -0.4 is 11.1 Å². The van der Waals surface area contributed by atoms with E-state index in [2.05, 4.69) is 22.4 Å². The molecule has 1 aliphatic carbocycles. The van der Waals surface area contributed by atoms with E-state index in [0.717, 1.165) is 6.42 Å². The number of nitrogens with one attached hydrogen (secondary N) is 1. The summed E-state index contributed by atoms with van der Waals surface area (Å²) >= 11 is 0. The number of anilines is 1. The second-order valence-corrected chi connectivity index (χ2v) is 4.77. The number of hydrogen-bond acceptors (Lipinski definition) is 3. The van der Waals surface area contributed by atoms with Crippen molar-refractivity contribution in [3.05, 3.63) is 59.8 Å². The van der Waals surface area contributed by atoms with Crippen LogP contribution in [0.5, 0.6) is 0 Å². The molecule has 1 heterocycles. The predicted molar refractivity (Wildman–Crippen MR) is 73.7 cm³/mol. The third-order valence-corrected chi connectivity index (χ3v) is 3.42. The van der Waals surface area contributed by atoms with Crippen molar-refractivity contribution in [3.8, 4) is 0 Å². The molecule has 0 saturated heterocycles. The Hall–Kier alpha value is -2.36. The summed E-state index contributed by atoms with van der Waals surface area (Å²) < 4.78 is 0. The van der Waals surface area contributed by atoms with Crippen LogP contribution in [0.25, 0.3) is 0 Å². The van der Waals surface area contributed by atoms with Crippen LogP contribution in [-0.4, -0.2) is 16.9 Å². The topological polar surface area (TPSA) is 68.0 Å². The molecule has 0 aliphatic heterocycles.